The predicted octanol–water partition coefficient (Wildman–Crippen LogP) is 5.99. The molecule has 0 unspecified atom stereocenters. The maximum absolute atomic E-state index is 13.5. The van der Waals surface area contributed by atoms with Crippen molar-refractivity contribution in [2.24, 2.45) is 5.16 Å². The molecule has 0 saturated carbocycles. The Labute approximate surface area is 200 Å². The number of benzene rings is 2. The molecule has 168 valence electrons. The summed E-state index contributed by atoms with van der Waals surface area (Å²) in [5.41, 5.74) is 1.78. The van der Waals surface area contributed by atoms with E-state index in [9.17, 15) is 4.79 Å². The molecule has 0 saturated heterocycles. The fourth-order valence-electron chi connectivity index (χ4n) is 3.24. The SMILES string of the molecule is COc1cccc2oc(C(=O)N(C/C=N\OCc3ccccc3)c3c(Cl)cncc3Cl)cc12. The van der Waals surface area contributed by atoms with Gasteiger partial charge in [0, 0.05) is 18.5 Å². The van der Waals surface area contributed by atoms with Crippen LogP contribution < -0.4 is 9.64 Å². The summed E-state index contributed by atoms with van der Waals surface area (Å²) >= 11 is 12.7. The Morgan fingerprint density at radius 3 is 2.61 bits per heavy atom. The second-order valence-electron chi connectivity index (χ2n) is 6.90. The molecular weight excluding hydrogens is 465 g/mol. The lowest BCUT2D eigenvalue weighted by Crippen LogP contribution is -2.33. The molecule has 2 aromatic carbocycles. The fraction of sp³-hybridized carbons (Fsp3) is 0.125. The van der Waals surface area contributed by atoms with Crippen molar-refractivity contribution in [1.29, 1.82) is 0 Å². The Morgan fingerprint density at radius 2 is 1.88 bits per heavy atom. The van der Waals surface area contributed by atoms with Gasteiger partial charge in [-0.25, -0.2) is 0 Å². The summed E-state index contributed by atoms with van der Waals surface area (Å²) in [7, 11) is 1.55. The Balaban J connectivity index is 1.60. The number of nitrogens with zero attached hydrogens (tertiary/aromatic N) is 3. The van der Waals surface area contributed by atoms with Gasteiger partial charge < -0.3 is 14.0 Å². The zero-order chi connectivity index (χ0) is 23.2. The lowest BCUT2D eigenvalue weighted by molar-refractivity contribution is 0.0965. The van der Waals surface area contributed by atoms with Crippen LogP contribution in [-0.4, -0.2) is 30.8 Å². The molecule has 0 aliphatic carbocycles. The van der Waals surface area contributed by atoms with E-state index < -0.39 is 5.91 Å². The van der Waals surface area contributed by atoms with Crippen LogP contribution in [0.15, 0.2) is 76.6 Å². The second kappa shape index (κ2) is 10.4. The number of oxime groups is 1. The molecule has 4 rings (SSSR count). The minimum atomic E-state index is -0.460. The average molecular weight is 484 g/mol. The standard InChI is InChI=1S/C24H19Cl2N3O4/c1-31-20-8-5-9-21-17(20)12-22(33-21)24(30)29(23-18(25)13-27-14-19(23)26)11-10-28-32-15-16-6-3-2-4-7-16/h2-10,12-14H,11,15H2,1H3/b28-10-. The number of ether oxygens (including phenoxy) is 1. The number of furan rings is 1. The van der Waals surface area contributed by atoms with Gasteiger partial charge in [0.25, 0.3) is 5.91 Å². The number of hydrogen-bond acceptors (Lipinski definition) is 6. The highest BCUT2D eigenvalue weighted by molar-refractivity contribution is 6.40. The number of carbonyl (C=O) groups is 1. The summed E-state index contributed by atoms with van der Waals surface area (Å²) in [4.78, 5) is 24.1. The van der Waals surface area contributed by atoms with Crippen LogP contribution in [0.5, 0.6) is 5.75 Å². The Kier molecular flexibility index (Phi) is 7.12. The van der Waals surface area contributed by atoms with Gasteiger partial charge in [-0.2, -0.15) is 0 Å². The van der Waals surface area contributed by atoms with Crippen LogP contribution >= 0.6 is 23.2 Å². The molecule has 0 aliphatic heterocycles. The number of hydrogen-bond donors (Lipinski definition) is 0. The van der Waals surface area contributed by atoms with E-state index in [1.165, 1.54) is 23.5 Å². The monoisotopic (exact) mass is 483 g/mol. The smallest absolute Gasteiger partial charge is 0.294 e. The zero-order valence-corrected chi connectivity index (χ0v) is 19.1. The highest BCUT2D eigenvalue weighted by atomic mass is 35.5. The first kappa shape index (κ1) is 22.6. The van der Waals surface area contributed by atoms with Crippen LogP contribution in [0.4, 0.5) is 5.69 Å². The van der Waals surface area contributed by atoms with Crippen LogP contribution in [-0.2, 0) is 11.4 Å². The third-order valence-electron chi connectivity index (χ3n) is 4.78. The van der Waals surface area contributed by atoms with Crippen molar-refractivity contribution in [1.82, 2.24) is 4.98 Å². The van der Waals surface area contributed by atoms with E-state index in [4.69, 9.17) is 37.2 Å². The van der Waals surface area contributed by atoms with Gasteiger partial charge >= 0.3 is 0 Å². The molecule has 0 N–H and O–H groups in total. The van der Waals surface area contributed by atoms with Crippen LogP contribution in [0, 0.1) is 0 Å². The molecule has 0 atom stereocenters. The second-order valence-corrected chi connectivity index (χ2v) is 7.71. The first-order chi connectivity index (χ1) is 16.1. The third-order valence-corrected chi connectivity index (χ3v) is 5.34. The van der Waals surface area contributed by atoms with E-state index in [1.54, 1.807) is 31.4 Å². The number of rotatable bonds is 8. The summed E-state index contributed by atoms with van der Waals surface area (Å²) in [6.45, 7) is 0.330. The van der Waals surface area contributed by atoms with Gasteiger partial charge in [-0.05, 0) is 17.7 Å². The maximum atomic E-state index is 13.5. The molecule has 2 heterocycles. The predicted molar refractivity (Wildman–Crippen MR) is 128 cm³/mol. The molecule has 33 heavy (non-hydrogen) atoms. The number of halogens is 2. The largest absolute Gasteiger partial charge is 0.496 e. The average Bonchev–Trinajstić information content (AvgIpc) is 3.27. The highest BCUT2D eigenvalue weighted by Crippen LogP contribution is 2.35. The van der Waals surface area contributed by atoms with E-state index in [2.05, 4.69) is 10.1 Å². The molecule has 0 bridgehead atoms. The van der Waals surface area contributed by atoms with Crippen LogP contribution in [0.1, 0.15) is 16.1 Å². The van der Waals surface area contributed by atoms with Crippen LogP contribution in [0.3, 0.4) is 0 Å². The van der Waals surface area contributed by atoms with Gasteiger partial charge in [0.2, 0.25) is 0 Å². The maximum Gasteiger partial charge on any atom is 0.294 e. The molecule has 0 spiro atoms. The number of pyridine rings is 1. The van der Waals surface area contributed by atoms with Gasteiger partial charge in [-0.15, -0.1) is 0 Å². The molecule has 2 aromatic heterocycles. The number of aromatic nitrogens is 1. The highest BCUT2D eigenvalue weighted by Gasteiger charge is 2.25. The van der Waals surface area contributed by atoms with Gasteiger partial charge in [0.15, 0.2) is 5.76 Å². The molecular formula is C24H19Cl2N3O4. The number of carbonyl (C=O) groups excluding carboxylic acids is 1. The fourth-order valence-corrected chi connectivity index (χ4v) is 3.81. The summed E-state index contributed by atoms with van der Waals surface area (Å²) < 4.78 is 11.2. The molecule has 0 aliphatic rings. The minimum Gasteiger partial charge on any atom is -0.496 e. The summed E-state index contributed by atoms with van der Waals surface area (Å²) in [5.74, 6) is 0.229. The van der Waals surface area contributed by atoms with Crippen molar-refractivity contribution in [2.75, 3.05) is 18.6 Å². The summed E-state index contributed by atoms with van der Waals surface area (Å²) in [5, 5.41) is 5.06. The molecule has 0 fully saturated rings. The Hall–Kier alpha value is -3.55. The van der Waals surface area contributed by atoms with Gasteiger partial charge in [0.1, 0.15) is 17.9 Å². The summed E-state index contributed by atoms with van der Waals surface area (Å²) in [6, 6.07) is 16.6. The number of anilines is 1. The summed E-state index contributed by atoms with van der Waals surface area (Å²) in [6.07, 6.45) is 4.28. The van der Waals surface area contributed by atoms with E-state index in [1.807, 2.05) is 30.3 Å². The lowest BCUT2D eigenvalue weighted by Gasteiger charge is -2.21. The Morgan fingerprint density at radius 1 is 1.12 bits per heavy atom. The first-order valence-corrected chi connectivity index (χ1v) is 10.7. The lowest BCUT2D eigenvalue weighted by atomic mass is 10.2. The molecule has 0 radical (unpaired) electrons. The number of methoxy groups -OCH3 is 1. The van der Waals surface area contributed by atoms with E-state index in [0.29, 0.717) is 29.0 Å². The molecule has 7 nitrogen and oxygen atoms in total. The van der Waals surface area contributed by atoms with Crippen molar-refractivity contribution in [3.05, 3.63) is 88.4 Å². The van der Waals surface area contributed by atoms with Gasteiger partial charge in [-0.1, -0.05) is 64.8 Å². The molecule has 1 amide bonds. The van der Waals surface area contributed by atoms with Crippen molar-refractivity contribution in [2.45, 2.75) is 6.61 Å². The first-order valence-electron chi connectivity index (χ1n) is 9.93. The van der Waals surface area contributed by atoms with E-state index in [-0.39, 0.29) is 22.4 Å². The third kappa shape index (κ3) is 5.10. The zero-order valence-electron chi connectivity index (χ0n) is 17.6. The molecule has 9 heteroatoms. The van der Waals surface area contributed by atoms with E-state index in [0.717, 1.165) is 5.56 Å². The van der Waals surface area contributed by atoms with Crippen molar-refractivity contribution >= 4 is 52.0 Å². The number of fused-ring (bicyclic) bond motifs is 1. The van der Waals surface area contributed by atoms with Crippen molar-refractivity contribution in [3.63, 3.8) is 0 Å². The van der Waals surface area contributed by atoms with E-state index >= 15 is 0 Å². The van der Waals surface area contributed by atoms with Crippen molar-refractivity contribution < 1.29 is 18.8 Å². The minimum absolute atomic E-state index is 0.0330. The van der Waals surface area contributed by atoms with Crippen molar-refractivity contribution in [3.8, 4) is 5.75 Å². The van der Waals surface area contributed by atoms with Gasteiger partial charge in [-0.3, -0.25) is 14.7 Å². The van der Waals surface area contributed by atoms with Crippen LogP contribution in [0.25, 0.3) is 11.0 Å². The quantitative estimate of drug-likeness (QED) is 0.227. The molecule has 4 aromatic rings. The number of amides is 1. The normalized spacial score (nSPS) is 11.1. The van der Waals surface area contributed by atoms with Crippen LogP contribution in [0.2, 0.25) is 10.0 Å². The Bertz CT molecular complexity index is 1270. The van der Waals surface area contributed by atoms with Gasteiger partial charge in [0.05, 0.1) is 41.0 Å². The topological polar surface area (TPSA) is 77.2 Å².